The molecule has 0 saturated carbocycles. The lowest BCUT2D eigenvalue weighted by molar-refractivity contribution is -0.124. The fourth-order valence-corrected chi connectivity index (χ4v) is 1.68. The number of hydrogen-bond donors (Lipinski definition) is 1. The summed E-state index contributed by atoms with van der Waals surface area (Å²) < 4.78 is 0. The standard InChI is InChI=1S/C13H13ClN2O2/c1-8-6-9(14)4-5-10(8)12(17)11(7-15)13(18)16(2)3/h4-6,17H,1-3H3/b12-11-. The van der Waals surface area contributed by atoms with Crippen LogP contribution in [0.3, 0.4) is 0 Å². The second-order valence-electron chi connectivity index (χ2n) is 3.99. The quantitative estimate of drug-likeness (QED) is 0.507. The van der Waals surface area contributed by atoms with E-state index < -0.39 is 5.91 Å². The molecule has 5 heteroatoms. The van der Waals surface area contributed by atoms with Crippen LogP contribution in [0.4, 0.5) is 0 Å². The number of nitriles is 1. The Morgan fingerprint density at radius 2 is 2.06 bits per heavy atom. The molecule has 0 aliphatic heterocycles. The molecule has 1 aromatic rings. The molecule has 0 unspecified atom stereocenters. The van der Waals surface area contributed by atoms with E-state index in [1.54, 1.807) is 31.2 Å². The summed E-state index contributed by atoms with van der Waals surface area (Å²) in [6, 6.07) is 6.55. The first kappa shape index (κ1) is 14.1. The van der Waals surface area contributed by atoms with Gasteiger partial charge >= 0.3 is 0 Å². The first-order valence-electron chi connectivity index (χ1n) is 5.20. The van der Waals surface area contributed by atoms with Crippen LogP contribution in [-0.4, -0.2) is 30.0 Å². The maximum absolute atomic E-state index is 11.7. The largest absolute Gasteiger partial charge is 0.506 e. The van der Waals surface area contributed by atoms with Gasteiger partial charge in [-0.15, -0.1) is 0 Å². The predicted octanol–water partition coefficient (Wildman–Crippen LogP) is 2.53. The van der Waals surface area contributed by atoms with Crippen molar-refractivity contribution in [2.24, 2.45) is 0 Å². The maximum atomic E-state index is 11.7. The third-order valence-corrected chi connectivity index (χ3v) is 2.65. The number of hydrogen-bond acceptors (Lipinski definition) is 3. The summed E-state index contributed by atoms with van der Waals surface area (Å²) in [4.78, 5) is 13.0. The smallest absolute Gasteiger partial charge is 0.267 e. The van der Waals surface area contributed by atoms with E-state index in [-0.39, 0.29) is 11.3 Å². The van der Waals surface area contributed by atoms with Crippen molar-refractivity contribution in [2.45, 2.75) is 6.92 Å². The molecular formula is C13H13ClN2O2. The minimum absolute atomic E-state index is 0.287. The van der Waals surface area contributed by atoms with Crippen molar-refractivity contribution in [2.75, 3.05) is 14.1 Å². The third kappa shape index (κ3) is 2.82. The summed E-state index contributed by atoms with van der Waals surface area (Å²) in [5.74, 6) is -0.866. The SMILES string of the molecule is Cc1cc(Cl)ccc1/C(O)=C(\C#N)C(=O)N(C)C. The number of nitrogens with zero attached hydrogens (tertiary/aromatic N) is 2. The minimum Gasteiger partial charge on any atom is -0.506 e. The van der Waals surface area contributed by atoms with Gasteiger partial charge in [-0.2, -0.15) is 5.26 Å². The molecule has 4 nitrogen and oxygen atoms in total. The number of halogens is 1. The van der Waals surface area contributed by atoms with Crippen LogP contribution >= 0.6 is 11.6 Å². The first-order chi connectivity index (χ1) is 8.38. The Hall–Kier alpha value is -1.99. The zero-order chi connectivity index (χ0) is 13.9. The molecule has 0 aliphatic carbocycles. The van der Waals surface area contributed by atoms with E-state index in [1.807, 2.05) is 0 Å². The summed E-state index contributed by atoms with van der Waals surface area (Å²) in [6.07, 6.45) is 0. The van der Waals surface area contributed by atoms with Crippen LogP contribution in [0, 0.1) is 18.3 Å². The number of aryl methyl sites for hydroxylation is 1. The molecule has 94 valence electrons. The molecule has 1 amide bonds. The van der Waals surface area contributed by atoms with Crippen LogP contribution in [0.5, 0.6) is 0 Å². The lowest BCUT2D eigenvalue weighted by Crippen LogP contribution is -2.23. The molecule has 0 saturated heterocycles. The number of carbonyl (C=O) groups is 1. The second kappa shape index (κ2) is 5.56. The van der Waals surface area contributed by atoms with Crippen molar-refractivity contribution >= 4 is 23.3 Å². The van der Waals surface area contributed by atoms with Crippen molar-refractivity contribution in [3.63, 3.8) is 0 Å². The zero-order valence-electron chi connectivity index (χ0n) is 10.4. The highest BCUT2D eigenvalue weighted by molar-refractivity contribution is 6.30. The van der Waals surface area contributed by atoms with Crippen molar-refractivity contribution in [1.82, 2.24) is 4.90 Å². The Morgan fingerprint density at radius 3 is 2.50 bits per heavy atom. The summed E-state index contributed by atoms with van der Waals surface area (Å²) in [5, 5.41) is 19.5. The van der Waals surface area contributed by atoms with E-state index in [1.165, 1.54) is 19.0 Å². The highest BCUT2D eigenvalue weighted by atomic mass is 35.5. The van der Waals surface area contributed by atoms with E-state index in [2.05, 4.69) is 0 Å². The highest BCUT2D eigenvalue weighted by Crippen LogP contribution is 2.23. The molecule has 18 heavy (non-hydrogen) atoms. The summed E-state index contributed by atoms with van der Waals surface area (Å²) in [5.41, 5.74) is 0.830. The van der Waals surface area contributed by atoms with Crippen LogP contribution in [-0.2, 0) is 4.79 Å². The molecule has 0 aromatic heterocycles. The van der Waals surface area contributed by atoms with Crippen molar-refractivity contribution in [3.05, 3.63) is 39.9 Å². The fraction of sp³-hybridized carbons (Fsp3) is 0.231. The number of carbonyl (C=O) groups excluding carboxylic acids is 1. The normalized spacial score (nSPS) is 11.5. The van der Waals surface area contributed by atoms with Crippen LogP contribution in [0.25, 0.3) is 5.76 Å². The summed E-state index contributed by atoms with van der Waals surface area (Å²) >= 11 is 5.81. The van der Waals surface area contributed by atoms with Crippen LogP contribution in [0.1, 0.15) is 11.1 Å². The third-order valence-electron chi connectivity index (χ3n) is 2.41. The molecule has 0 heterocycles. The highest BCUT2D eigenvalue weighted by Gasteiger charge is 2.19. The van der Waals surface area contributed by atoms with Gasteiger partial charge in [-0.3, -0.25) is 4.79 Å². The Kier molecular flexibility index (Phi) is 4.35. The Bertz CT molecular complexity index is 557. The van der Waals surface area contributed by atoms with Gasteiger partial charge in [0.05, 0.1) is 0 Å². The van der Waals surface area contributed by atoms with Gasteiger partial charge < -0.3 is 10.0 Å². The number of likely N-dealkylation sites (N-methyl/N-ethyl adjacent to an activating group) is 1. The Morgan fingerprint density at radius 1 is 1.44 bits per heavy atom. The van der Waals surface area contributed by atoms with Crippen LogP contribution in [0.2, 0.25) is 5.02 Å². The van der Waals surface area contributed by atoms with Gasteiger partial charge in [-0.25, -0.2) is 0 Å². The number of benzene rings is 1. The van der Waals surface area contributed by atoms with E-state index in [9.17, 15) is 9.90 Å². The molecule has 1 rings (SSSR count). The molecule has 1 N–H and O–H groups in total. The molecule has 0 bridgehead atoms. The monoisotopic (exact) mass is 264 g/mol. The van der Waals surface area contributed by atoms with E-state index in [0.717, 1.165) is 0 Å². The van der Waals surface area contributed by atoms with E-state index in [4.69, 9.17) is 16.9 Å². The van der Waals surface area contributed by atoms with E-state index >= 15 is 0 Å². The van der Waals surface area contributed by atoms with Gasteiger partial charge in [0, 0.05) is 24.7 Å². The molecule has 0 fully saturated rings. The average molecular weight is 265 g/mol. The van der Waals surface area contributed by atoms with Gasteiger partial charge in [0.1, 0.15) is 11.8 Å². The first-order valence-corrected chi connectivity index (χ1v) is 5.57. The molecule has 0 radical (unpaired) electrons. The number of amides is 1. The number of rotatable bonds is 2. The lowest BCUT2D eigenvalue weighted by Gasteiger charge is -2.12. The predicted molar refractivity (Wildman–Crippen MR) is 70.0 cm³/mol. The minimum atomic E-state index is -0.538. The van der Waals surface area contributed by atoms with Crippen molar-refractivity contribution < 1.29 is 9.90 Å². The Labute approximate surface area is 111 Å². The molecular weight excluding hydrogens is 252 g/mol. The van der Waals surface area contributed by atoms with Crippen LogP contribution < -0.4 is 0 Å². The summed E-state index contributed by atoms with van der Waals surface area (Å²) in [7, 11) is 3.03. The number of aliphatic hydroxyl groups is 1. The van der Waals surface area contributed by atoms with Gasteiger partial charge in [-0.05, 0) is 30.7 Å². The van der Waals surface area contributed by atoms with Gasteiger partial charge in [0.25, 0.3) is 5.91 Å². The molecule has 0 aliphatic rings. The van der Waals surface area contributed by atoms with Gasteiger partial charge in [0.15, 0.2) is 5.57 Å². The average Bonchev–Trinajstić information content (AvgIpc) is 2.29. The maximum Gasteiger partial charge on any atom is 0.267 e. The lowest BCUT2D eigenvalue weighted by atomic mass is 10.0. The van der Waals surface area contributed by atoms with Crippen molar-refractivity contribution in [3.8, 4) is 6.07 Å². The molecule has 0 spiro atoms. The van der Waals surface area contributed by atoms with Crippen molar-refractivity contribution in [1.29, 1.82) is 5.26 Å². The second-order valence-corrected chi connectivity index (χ2v) is 4.43. The topological polar surface area (TPSA) is 64.3 Å². The molecule has 1 aromatic carbocycles. The summed E-state index contributed by atoms with van der Waals surface area (Å²) in [6.45, 7) is 1.74. The van der Waals surface area contributed by atoms with Gasteiger partial charge in [-0.1, -0.05) is 11.6 Å². The zero-order valence-corrected chi connectivity index (χ0v) is 11.1. The molecule has 0 atom stereocenters. The fourth-order valence-electron chi connectivity index (χ4n) is 1.45. The Balaban J connectivity index is 3.37. The number of aliphatic hydroxyl groups excluding tert-OH is 1. The van der Waals surface area contributed by atoms with Crippen LogP contribution in [0.15, 0.2) is 23.8 Å². The van der Waals surface area contributed by atoms with E-state index in [0.29, 0.717) is 16.1 Å². The van der Waals surface area contributed by atoms with Gasteiger partial charge in [0.2, 0.25) is 0 Å².